The van der Waals surface area contributed by atoms with E-state index in [0.29, 0.717) is 28.5 Å². The number of hydrogen-bond donors (Lipinski definition) is 2. The summed E-state index contributed by atoms with van der Waals surface area (Å²) in [6.07, 6.45) is 1.52. The zero-order chi connectivity index (χ0) is 23.2. The van der Waals surface area contributed by atoms with Crippen LogP contribution in [0.25, 0.3) is 11.1 Å². The molecule has 1 amide bonds. The molecular weight excluding hydrogens is 422 g/mol. The lowest BCUT2D eigenvalue weighted by Gasteiger charge is -2.17. The molecule has 2 N–H and O–H groups in total. The van der Waals surface area contributed by atoms with Crippen LogP contribution in [0.2, 0.25) is 0 Å². The predicted octanol–water partition coefficient (Wildman–Crippen LogP) is 5.01. The van der Waals surface area contributed by atoms with Gasteiger partial charge in [0.15, 0.2) is 11.5 Å². The number of anilines is 1. The highest BCUT2D eigenvalue weighted by molar-refractivity contribution is 6.02. The molecule has 0 aromatic heterocycles. The third-order valence-electron chi connectivity index (χ3n) is 6.31. The number of rotatable bonds is 6. The van der Waals surface area contributed by atoms with Gasteiger partial charge in [0.2, 0.25) is 12.7 Å². The van der Waals surface area contributed by atoms with Gasteiger partial charge in [0.05, 0.1) is 18.1 Å². The van der Waals surface area contributed by atoms with Crippen LogP contribution in [-0.4, -0.2) is 30.9 Å². The van der Waals surface area contributed by atoms with E-state index < -0.39 is 11.4 Å². The summed E-state index contributed by atoms with van der Waals surface area (Å²) in [6, 6.07) is 16.2. The van der Waals surface area contributed by atoms with Crippen LogP contribution in [0.1, 0.15) is 35.8 Å². The maximum Gasteiger partial charge on any atom is 0.335 e. The van der Waals surface area contributed by atoms with Crippen LogP contribution in [0.3, 0.4) is 0 Å². The number of ether oxygens (including phenoxy) is 3. The van der Waals surface area contributed by atoms with E-state index in [0.717, 1.165) is 29.5 Å². The number of nitrogens with one attached hydrogen (secondary N) is 1. The van der Waals surface area contributed by atoms with Gasteiger partial charge in [0, 0.05) is 7.11 Å². The molecule has 5 rings (SSSR count). The first-order valence-corrected chi connectivity index (χ1v) is 10.6. The third-order valence-corrected chi connectivity index (χ3v) is 6.31. The second-order valence-corrected chi connectivity index (χ2v) is 8.39. The fourth-order valence-electron chi connectivity index (χ4n) is 4.22. The number of carboxylic acid groups (broad SMARTS) is 1. The highest BCUT2D eigenvalue weighted by Crippen LogP contribution is 2.51. The Labute approximate surface area is 192 Å². The molecule has 2 aliphatic rings. The highest BCUT2D eigenvalue weighted by atomic mass is 16.7. The second kappa shape index (κ2) is 7.85. The molecule has 33 heavy (non-hydrogen) atoms. The van der Waals surface area contributed by atoms with Crippen LogP contribution in [0, 0.1) is 6.92 Å². The number of carbonyl (C=O) groups excluding carboxylic acids is 1. The van der Waals surface area contributed by atoms with Crippen LogP contribution in [0.4, 0.5) is 5.69 Å². The van der Waals surface area contributed by atoms with Crippen LogP contribution >= 0.6 is 0 Å². The number of carboxylic acids is 1. The summed E-state index contributed by atoms with van der Waals surface area (Å²) in [5.74, 6) is 0.705. The normalized spacial score (nSPS) is 15.1. The Hall–Kier alpha value is -4.00. The summed E-state index contributed by atoms with van der Waals surface area (Å²) < 4.78 is 16.1. The lowest BCUT2D eigenvalue weighted by atomic mass is 9.94. The predicted molar refractivity (Wildman–Crippen MR) is 124 cm³/mol. The number of hydrogen-bond acceptors (Lipinski definition) is 5. The molecule has 7 heteroatoms. The number of aromatic carboxylic acids is 1. The molecule has 1 saturated carbocycles. The van der Waals surface area contributed by atoms with Gasteiger partial charge in [0.25, 0.3) is 0 Å². The summed E-state index contributed by atoms with van der Waals surface area (Å²) >= 11 is 0. The number of fused-ring (bicyclic) bond motifs is 1. The van der Waals surface area contributed by atoms with Crippen molar-refractivity contribution in [2.45, 2.75) is 25.2 Å². The quantitative estimate of drug-likeness (QED) is 0.551. The van der Waals surface area contributed by atoms with E-state index in [-0.39, 0.29) is 19.7 Å². The monoisotopic (exact) mass is 447 g/mol. The standard InChI is InChI=1S/C26H23NO6.H2/c1-15-3-5-19(13-21(15)16-9-17(24(28)29)11-20(10-16)31-2)27-25(30)26(7-8-26)18-4-6-22-23(12-18)33-14-32-22;/h3-6,9-13H,7-8,14H2,1-2H3,(H,27,30)(H,28,29);1H. The lowest BCUT2D eigenvalue weighted by molar-refractivity contribution is -0.118. The van der Waals surface area contributed by atoms with E-state index in [1.807, 2.05) is 43.3 Å². The topological polar surface area (TPSA) is 94.1 Å². The average molecular weight is 447 g/mol. The maximum atomic E-state index is 13.3. The molecule has 3 aromatic rings. The van der Waals surface area contributed by atoms with Crippen molar-refractivity contribution in [2.75, 3.05) is 19.2 Å². The first-order valence-electron chi connectivity index (χ1n) is 10.6. The molecule has 0 bridgehead atoms. The van der Waals surface area contributed by atoms with Crippen molar-refractivity contribution >= 4 is 17.6 Å². The van der Waals surface area contributed by atoms with Crippen molar-refractivity contribution in [3.05, 3.63) is 71.3 Å². The van der Waals surface area contributed by atoms with Crippen molar-refractivity contribution in [3.63, 3.8) is 0 Å². The van der Waals surface area contributed by atoms with Crippen LogP contribution < -0.4 is 19.5 Å². The van der Waals surface area contributed by atoms with Gasteiger partial charge >= 0.3 is 5.97 Å². The molecule has 1 heterocycles. The summed E-state index contributed by atoms with van der Waals surface area (Å²) in [4.78, 5) is 24.8. The summed E-state index contributed by atoms with van der Waals surface area (Å²) in [6.45, 7) is 2.13. The Bertz CT molecular complexity index is 1280. The number of aryl methyl sites for hydroxylation is 1. The van der Waals surface area contributed by atoms with Crippen molar-refractivity contribution < 1.29 is 30.3 Å². The Balaban J connectivity index is 0.00000274. The zero-order valence-corrected chi connectivity index (χ0v) is 18.3. The van der Waals surface area contributed by atoms with Gasteiger partial charge in [-0.1, -0.05) is 12.1 Å². The Kier molecular flexibility index (Phi) is 4.96. The first kappa shape index (κ1) is 20.9. The van der Waals surface area contributed by atoms with Gasteiger partial charge < -0.3 is 24.6 Å². The van der Waals surface area contributed by atoms with Crippen molar-refractivity contribution in [3.8, 4) is 28.4 Å². The first-order chi connectivity index (χ1) is 15.9. The van der Waals surface area contributed by atoms with Gasteiger partial charge in [-0.25, -0.2) is 4.79 Å². The van der Waals surface area contributed by atoms with Crippen LogP contribution in [0.15, 0.2) is 54.6 Å². The number of carbonyl (C=O) groups is 2. The van der Waals surface area contributed by atoms with Crippen molar-refractivity contribution in [1.29, 1.82) is 0 Å². The maximum absolute atomic E-state index is 13.3. The minimum absolute atomic E-state index is 0. The van der Waals surface area contributed by atoms with E-state index in [1.165, 1.54) is 13.2 Å². The van der Waals surface area contributed by atoms with Crippen LogP contribution in [-0.2, 0) is 10.2 Å². The fourth-order valence-corrected chi connectivity index (χ4v) is 4.22. The number of amides is 1. The Morgan fingerprint density at radius 1 is 1.03 bits per heavy atom. The molecule has 3 aromatic carbocycles. The van der Waals surface area contributed by atoms with E-state index in [2.05, 4.69) is 5.32 Å². The lowest BCUT2D eigenvalue weighted by Crippen LogP contribution is -2.27. The number of methoxy groups -OCH3 is 1. The molecule has 0 saturated heterocycles. The Morgan fingerprint density at radius 2 is 1.82 bits per heavy atom. The molecule has 0 unspecified atom stereocenters. The average Bonchev–Trinajstić information content (AvgIpc) is 3.50. The van der Waals surface area contributed by atoms with E-state index in [9.17, 15) is 14.7 Å². The van der Waals surface area contributed by atoms with Gasteiger partial charge in [-0.2, -0.15) is 0 Å². The molecular formula is C26H25NO6. The van der Waals surface area contributed by atoms with Crippen molar-refractivity contribution in [1.82, 2.24) is 0 Å². The van der Waals surface area contributed by atoms with E-state index in [4.69, 9.17) is 14.2 Å². The molecule has 1 aliphatic carbocycles. The van der Waals surface area contributed by atoms with Gasteiger partial charge in [0.1, 0.15) is 5.75 Å². The van der Waals surface area contributed by atoms with Gasteiger partial charge in [-0.15, -0.1) is 0 Å². The van der Waals surface area contributed by atoms with Crippen molar-refractivity contribution in [2.24, 2.45) is 0 Å². The molecule has 0 atom stereocenters. The third kappa shape index (κ3) is 3.75. The molecule has 170 valence electrons. The number of benzene rings is 3. The molecule has 0 radical (unpaired) electrons. The summed E-state index contributed by atoms with van der Waals surface area (Å²) in [5, 5.41) is 12.5. The van der Waals surface area contributed by atoms with E-state index in [1.54, 1.807) is 12.1 Å². The smallest absolute Gasteiger partial charge is 0.335 e. The minimum atomic E-state index is -1.03. The summed E-state index contributed by atoms with van der Waals surface area (Å²) in [5.41, 5.74) is 3.59. The van der Waals surface area contributed by atoms with Gasteiger partial charge in [-0.05, 0) is 84.5 Å². The zero-order valence-electron chi connectivity index (χ0n) is 18.3. The molecule has 1 fully saturated rings. The second-order valence-electron chi connectivity index (χ2n) is 8.39. The van der Waals surface area contributed by atoms with Crippen LogP contribution in [0.5, 0.6) is 17.2 Å². The highest BCUT2D eigenvalue weighted by Gasteiger charge is 2.51. The van der Waals surface area contributed by atoms with E-state index >= 15 is 0 Å². The SMILES string of the molecule is COc1cc(C(=O)O)cc(-c2cc(NC(=O)C3(c4ccc5c(c4)OCO5)CC3)ccc2C)c1.[HH]. The molecule has 1 aliphatic heterocycles. The Morgan fingerprint density at radius 3 is 2.55 bits per heavy atom. The summed E-state index contributed by atoms with van der Waals surface area (Å²) in [7, 11) is 1.50. The van der Waals surface area contributed by atoms with Gasteiger partial charge in [-0.3, -0.25) is 4.79 Å². The minimum Gasteiger partial charge on any atom is -0.497 e. The molecule has 7 nitrogen and oxygen atoms in total. The molecule has 0 spiro atoms. The fraction of sp³-hybridized carbons (Fsp3) is 0.231. The largest absolute Gasteiger partial charge is 0.497 e.